The van der Waals surface area contributed by atoms with Gasteiger partial charge in [0.25, 0.3) is 0 Å². The number of methoxy groups -OCH3 is 1. The van der Waals surface area contributed by atoms with Crippen molar-refractivity contribution in [3.05, 3.63) is 45.0 Å². The van der Waals surface area contributed by atoms with Crippen LogP contribution >= 0.6 is 31.9 Å². The largest absolute Gasteiger partial charge is 0.497 e. The summed E-state index contributed by atoms with van der Waals surface area (Å²) in [7, 11) is 1.63. The Hall–Kier alpha value is -1.07. The van der Waals surface area contributed by atoms with Gasteiger partial charge in [0.15, 0.2) is 0 Å². The van der Waals surface area contributed by atoms with Crippen molar-refractivity contribution in [2.24, 2.45) is 0 Å². The van der Waals surface area contributed by atoms with E-state index in [1.807, 2.05) is 31.2 Å². The van der Waals surface area contributed by atoms with Crippen molar-refractivity contribution in [3.63, 3.8) is 0 Å². The summed E-state index contributed by atoms with van der Waals surface area (Å²) >= 11 is 6.81. The van der Waals surface area contributed by atoms with Gasteiger partial charge >= 0.3 is 0 Å². The first-order valence-electron chi connectivity index (χ1n) is 5.23. The van der Waals surface area contributed by atoms with Crippen LogP contribution in [0.5, 0.6) is 17.4 Å². The fourth-order valence-electron chi connectivity index (χ4n) is 1.43. The summed E-state index contributed by atoms with van der Waals surface area (Å²) in [6.07, 6.45) is 1.71. The number of aryl methyl sites for hydroxylation is 1. The van der Waals surface area contributed by atoms with Crippen LogP contribution in [-0.4, -0.2) is 12.1 Å². The summed E-state index contributed by atoms with van der Waals surface area (Å²) in [5.41, 5.74) is 0.965. The van der Waals surface area contributed by atoms with Gasteiger partial charge in [0.1, 0.15) is 11.5 Å². The minimum Gasteiger partial charge on any atom is -0.497 e. The van der Waals surface area contributed by atoms with Crippen LogP contribution in [0.4, 0.5) is 0 Å². The van der Waals surface area contributed by atoms with E-state index in [0.717, 1.165) is 20.3 Å². The molecule has 0 spiro atoms. The Morgan fingerprint density at radius 1 is 1.17 bits per heavy atom. The van der Waals surface area contributed by atoms with Gasteiger partial charge in [-0.1, -0.05) is 0 Å². The molecule has 1 aromatic heterocycles. The molecule has 1 heterocycles. The first kappa shape index (κ1) is 13.4. The van der Waals surface area contributed by atoms with Gasteiger partial charge in [-0.3, -0.25) is 0 Å². The number of nitrogens with zero attached hydrogens (tertiary/aromatic N) is 1. The van der Waals surface area contributed by atoms with E-state index < -0.39 is 0 Å². The molecule has 2 aromatic rings. The first-order chi connectivity index (χ1) is 8.60. The Morgan fingerprint density at radius 3 is 2.56 bits per heavy atom. The van der Waals surface area contributed by atoms with E-state index >= 15 is 0 Å². The van der Waals surface area contributed by atoms with E-state index in [4.69, 9.17) is 9.47 Å². The predicted molar refractivity (Wildman–Crippen MR) is 77.4 cm³/mol. The molecule has 0 aliphatic carbocycles. The molecule has 1 aromatic carbocycles. The van der Waals surface area contributed by atoms with Crippen molar-refractivity contribution in [2.45, 2.75) is 6.92 Å². The van der Waals surface area contributed by atoms with Gasteiger partial charge in [0, 0.05) is 16.2 Å². The van der Waals surface area contributed by atoms with Crippen molar-refractivity contribution < 1.29 is 9.47 Å². The van der Waals surface area contributed by atoms with Crippen molar-refractivity contribution in [1.82, 2.24) is 4.98 Å². The van der Waals surface area contributed by atoms with Crippen molar-refractivity contribution in [1.29, 1.82) is 0 Å². The van der Waals surface area contributed by atoms with Crippen LogP contribution in [0.1, 0.15) is 5.56 Å². The average molecular weight is 373 g/mol. The van der Waals surface area contributed by atoms with Crippen molar-refractivity contribution >= 4 is 31.9 Å². The zero-order valence-electron chi connectivity index (χ0n) is 9.91. The van der Waals surface area contributed by atoms with E-state index in [-0.39, 0.29) is 0 Å². The predicted octanol–water partition coefficient (Wildman–Crippen LogP) is 4.72. The third-order valence-electron chi connectivity index (χ3n) is 2.34. The summed E-state index contributed by atoms with van der Waals surface area (Å²) in [5, 5.41) is 0. The molecule has 0 saturated carbocycles. The smallest absolute Gasteiger partial charge is 0.222 e. The van der Waals surface area contributed by atoms with Crippen LogP contribution in [-0.2, 0) is 0 Å². The first-order valence-corrected chi connectivity index (χ1v) is 6.82. The van der Waals surface area contributed by atoms with Gasteiger partial charge in [-0.2, -0.15) is 0 Å². The topological polar surface area (TPSA) is 31.4 Å². The van der Waals surface area contributed by atoms with Crippen molar-refractivity contribution in [3.8, 4) is 17.4 Å². The fraction of sp³-hybridized carbons (Fsp3) is 0.154. The van der Waals surface area contributed by atoms with Gasteiger partial charge in [-0.15, -0.1) is 0 Å². The number of benzene rings is 1. The second-order valence-electron chi connectivity index (χ2n) is 3.67. The van der Waals surface area contributed by atoms with Crippen LogP contribution in [0, 0.1) is 6.92 Å². The zero-order chi connectivity index (χ0) is 13.1. The lowest BCUT2D eigenvalue weighted by atomic mass is 10.3. The zero-order valence-corrected chi connectivity index (χ0v) is 13.1. The Labute approximate surface area is 122 Å². The van der Waals surface area contributed by atoms with Crippen LogP contribution in [0.3, 0.4) is 0 Å². The molecule has 0 aliphatic rings. The second kappa shape index (κ2) is 5.71. The molecule has 0 radical (unpaired) electrons. The maximum atomic E-state index is 5.76. The Morgan fingerprint density at radius 2 is 1.94 bits per heavy atom. The van der Waals surface area contributed by atoms with Gasteiger partial charge in [0.05, 0.1) is 11.6 Å². The van der Waals surface area contributed by atoms with Gasteiger partial charge in [0.2, 0.25) is 5.88 Å². The molecule has 0 amide bonds. The Balaban J connectivity index is 2.28. The van der Waals surface area contributed by atoms with Crippen molar-refractivity contribution in [2.75, 3.05) is 7.11 Å². The Bertz CT molecular complexity index is 573. The molecule has 0 atom stereocenters. The maximum absolute atomic E-state index is 5.76. The molecule has 0 bridgehead atoms. The van der Waals surface area contributed by atoms with Crippen LogP contribution < -0.4 is 9.47 Å². The molecule has 2 rings (SSSR count). The number of hydrogen-bond acceptors (Lipinski definition) is 3. The van der Waals surface area contributed by atoms with Crippen LogP contribution in [0.15, 0.2) is 39.4 Å². The normalized spacial score (nSPS) is 10.2. The number of ether oxygens (including phenoxy) is 2. The lowest BCUT2D eigenvalue weighted by molar-refractivity contribution is 0.411. The summed E-state index contributed by atoms with van der Waals surface area (Å²) < 4.78 is 12.6. The van der Waals surface area contributed by atoms with E-state index in [1.54, 1.807) is 13.3 Å². The fourth-order valence-corrected chi connectivity index (χ4v) is 2.31. The highest BCUT2D eigenvalue weighted by atomic mass is 79.9. The van der Waals surface area contributed by atoms with Gasteiger partial charge in [-0.25, -0.2) is 4.98 Å². The molecule has 5 heteroatoms. The summed E-state index contributed by atoms with van der Waals surface area (Å²) in [6, 6.07) is 7.49. The standard InChI is InChI=1S/C13H11Br2NO2/c1-8-5-9(14)7-16-13(8)18-12-4-3-10(17-2)6-11(12)15/h3-7H,1-2H3. The highest BCUT2D eigenvalue weighted by Gasteiger charge is 2.08. The lowest BCUT2D eigenvalue weighted by Gasteiger charge is -2.10. The Kier molecular flexibility index (Phi) is 4.24. The third-order valence-corrected chi connectivity index (χ3v) is 3.40. The van der Waals surface area contributed by atoms with E-state index in [2.05, 4.69) is 36.8 Å². The molecule has 0 fully saturated rings. The molecule has 18 heavy (non-hydrogen) atoms. The number of halogens is 2. The number of hydrogen-bond donors (Lipinski definition) is 0. The number of pyridine rings is 1. The summed E-state index contributed by atoms with van der Waals surface area (Å²) in [5.74, 6) is 2.06. The van der Waals surface area contributed by atoms with E-state index in [0.29, 0.717) is 11.6 Å². The quantitative estimate of drug-likeness (QED) is 0.781. The number of aromatic nitrogens is 1. The second-order valence-corrected chi connectivity index (χ2v) is 5.44. The molecule has 0 unspecified atom stereocenters. The highest BCUT2D eigenvalue weighted by molar-refractivity contribution is 9.10. The maximum Gasteiger partial charge on any atom is 0.222 e. The monoisotopic (exact) mass is 371 g/mol. The molecular weight excluding hydrogens is 362 g/mol. The molecule has 0 N–H and O–H groups in total. The molecule has 3 nitrogen and oxygen atoms in total. The van der Waals surface area contributed by atoms with E-state index in [1.165, 1.54) is 0 Å². The lowest BCUT2D eigenvalue weighted by Crippen LogP contribution is -1.92. The average Bonchev–Trinajstić information content (AvgIpc) is 2.34. The minimum absolute atomic E-state index is 0.587. The highest BCUT2D eigenvalue weighted by Crippen LogP contribution is 2.33. The molecule has 94 valence electrons. The number of rotatable bonds is 3. The summed E-state index contributed by atoms with van der Waals surface area (Å²) in [4.78, 5) is 4.24. The van der Waals surface area contributed by atoms with Crippen LogP contribution in [0.25, 0.3) is 0 Å². The SMILES string of the molecule is COc1ccc(Oc2ncc(Br)cc2C)c(Br)c1. The third kappa shape index (κ3) is 3.03. The van der Waals surface area contributed by atoms with Crippen LogP contribution in [0.2, 0.25) is 0 Å². The minimum atomic E-state index is 0.587. The van der Waals surface area contributed by atoms with Gasteiger partial charge in [-0.05, 0) is 63.0 Å². The molecule has 0 saturated heterocycles. The summed E-state index contributed by atoms with van der Waals surface area (Å²) in [6.45, 7) is 1.95. The van der Waals surface area contributed by atoms with E-state index in [9.17, 15) is 0 Å². The van der Waals surface area contributed by atoms with Gasteiger partial charge < -0.3 is 9.47 Å². The molecular formula is C13H11Br2NO2. The molecule has 0 aliphatic heterocycles.